The molecule has 4 nitrogen and oxygen atoms in total. The first-order valence-electron chi connectivity index (χ1n) is 8.17. The van der Waals surface area contributed by atoms with E-state index >= 15 is 0 Å². The molecule has 2 aromatic carbocycles. The monoisotopic (exact) mass is 354 g/mol. The van der Waals surface area contributed by atoms with Crippen molar-refractivity contribution in [3.8, 4) is 5.75 Å². The SMILES string of the molecule is COc1ccc(CC(=O)N=c2sc3c(C)cc(C)cc3n2C)cc1C. The predicted octanol–water partition coefficient (Wildman–Crippen LogP) is 3.84. The van der Waals surface area contributed by atoms with Crippen LogP contribution in [0.25, 0.3) is 10.2 Å². The van der Waals surface area contributed by atoms with Gasteiger partial charge in [-0.2, -0.15) is 4.99 Å². The third-order valence-corrected chi connectivity index (χ3v) is 5.56. The normalized spacial score (nSPS) is 12.0. The summed E-state index contributed by atoms with van der Waals surface area (Å²) in [6.45, 7) is 6.15. The molecule has 0 radical (unpaired) electrons. The third-order valence-electron chi connectivity index (χ3n) is 4.28. The average Bonchev–Trinajstić information content (AvgIpc) is 2.84. The topological polar surface area (TPSA) is 43.6 Å². The predicted molar refractivity (Wildman–Crippen MR) is 102 cm³/mol. The number of aromatic nitrogens is 1. The molecule has 1 heterocycles. The van der Waals surface area contributed by atoms with Crippen molar-refractivity contribution in [2.75, 3.05) is 7.11 Å². The van der Waals surface area contributed by atoms with E-state index in [4.69, 9.17) is 4.74 Å². The van der Waals surface area contributed by atoms with E-state index in [0.29, 0.717) is 0 Å². The fourth-order valence-electron chi connectivity index (χ4n) is 3.05. The highest BCUT2D eigenvalue weighted by Gasteiger charge is 2.09. The minimum atomic E-state index is -0.138. The molecule has 0 fully saturated rings. The van der Waals surface area contributed by atoms with E-state index < -0.39 is 0 Å². The Bertz CT molecular complexity index is 1030. The average molecular weight is 354 g/mol. The molecular formula is C20H22N2O2S. The summed E-state index contributed by atoms with van der Waals surface area (Å²) in [5.41, 5.74) is 5.52. The Labute approximate surface area is 151 Å². The van der Waals surface area contributed by atoms with Gasteiger partial charge in [-0.15, -0.1) is 0 Å². The lowest BCUT2D eigenvalue weighted by Gasteiger charge is -2.05. The highest BCUT2D eigenvalue weighted by atomic mass is 32.1. The minimum absolute atomic E-state index is 0.138. The largest absolute Gasteiger partial charge is 0.496 e. The number of hydrogen-bond acceptors (Lipinski definition) is 3. The number of ether oxygens (including phenoxy) is 1. The molecule has 0 saturated heterocycles. The summed E-state index contributed by atoms with van der Waals surface area (Å²) < 4.78 is 8.44. The second kappa shape index (κ2) is 6.84. The Kier molecular flexibility index (Phi) is 4.77. The van der Waals surface area contributed by atoms with Gasteiger partial charge in [-0.1, -0.05) is 29.5 Å². The van der Waals surface area contributed by atoms with Gasteiger partial charge in [-0.25, -0.2) is 0 Å². The molecule has 1 aromatic heterocycles. The Morgan fingerprint density at radius 3 is 2.60 bits per heavy atom. The van der Waals surface area contributed by atoms with Crippen LogP contribution in [0.1, 0.15) is 22.3 Å². The van der Waals surface area contributed by atoms with E-state index in [1.165, 1.54) is 15.8 Å². The molecule has 25 heavy (non-hydrogen) atoms. The summed E-state index contributed by atoms with van der Waals surface area (Å²) >= 11 is 1.56. The zero-order valence-corrected chi connectivity index (χ0v) is 16.0. The molecule has 0 N–H and O–H groups in total. The van der Waals surface area contributed by atoms with Crippen LogP contribution >= 0.6 is 11.3 Å². The van der Waals surface area contributed by atoms with Crippen LogP contribution in [0.15, 0.2) is 35.3 Å². The summed E-state index contributed by atoms with van der Waals surface area (Å²) in [4.78, 5) is 17.5. The fraction of sp³-hybridized carbons (Fsp3) is 0.300. The van der Waals surface area contributed by atoms with Crippen molar-refractivity contribution in [1.82, 2.24) is 4.57 Å². The van der Waals surface area contributed by atoms with Crippen molar-refractivity contribution in [2.45, 2.75) is 27.2 Å². The van der Waals surface area contributed by atoms with Gasteiger partial charge in [0.15, 0.2) is 4.80 Å². The maximum atomic E-state index is 12.4. The van der Waals surface area contributed by atoms with Gasteiger partial charge < -0.3 is 9.30 Å². The molecular weight excluding hydrogens is 332 g/mol. The molecule has 1 amide bonds. The van der Waals surface area contributed by atoms with Gasteiger partial charge in [-0.3, -0.25) is 4.79 Å². The first-order valence-corrected chi connectivity index (χ1v) is 8.98. The third kappa shape index (κ3) is 3.51. The van der Waals surface area contributed by atoms with Gasteiger partial charge >= 0.3 is 0 Å². The van der Waals surface area contributed by atoms with Crippen LogP contribution in [-0.2, 0) is 18.3 Å². The van der Waals surface area contributed by atoms with Crippen LogP contribution in [0, 0.1) is 20.8 Å². The van der Waals surface area contributed by atoms with Gasteiger partial charge in [-0.05, 0) is 55.2 Å². The molecule has 0 bridgehead atoms. The van der Waals surface area contributed by atoms with E-state index in [0.717, 1.165) is 27.2 Å². The summed E-state index contributed by atoms with van der Waals surface area (Å²) in [6, 6.07) is 10.1. The maximum absolute atomic E-state index is 12.4. The van der Waals surface area contributed by atoms with Crippen LogP contribution in [-0.4, -0.2) is 17.6 Å². The van der Waals surface area contributed by atoms with Gasteiger partial charge in [0, 0.05) is 7.05 Å². The van der Waals surface area contributed by atoms with E-state index in [-0.39, 0.29) is 12.3 Å². The second-order valence-corrected chi connectivity index (χ2v) is 7.34. The Morgan fingerprint density at radius 2 is 1.92 bits per heavy atom. The zero-order chi connectivity index (χ0) is 18.1. The number of rotatable bonds is 3. The number of benzene rings is 2. The lowest BCUT2D eigenvalue weighted by atomic mass is 10.1. The molecule has 3 rings (SSSR count). The number of aryl methyl sites for hydroxylation is 4. The number of hydrogen-bond donors (Lipinski definition) is 0. The number of thiazole rings is 1. The molecule has 0 aliphatic rings. The number of methoxy groups -OCH3 is 1. The number of fused-ring (bicyclic) bond motifs is 1. The number of amides is 1. The summed E-state index contributed by atoms with van der Waals surface area (Å²) in [6.07, 6.45) is 0.289. The van der Waals surface area contributed by atoms with Crippen LogP contribution in [0.5, 0.6) is 5.75 Å². The zero-order valence-electron chi connectivity index (χ0n) is 15.2. The Balaban J connectivity index is 1.94. The van der Waals surface area contributed by atoms with Crippen molar-refractivity contribution < 1.29 is 9.53 Å². The molecule has 0 unspecified atom stereocenters. The maximum Gasteiger partial charge on any atom is 0.252 e. The molecule has 0 aliphatic carbocycles. The van der Waals surface area contributed by atoms with E-state index in [1.807, 2.05) is 36.7 Å². The number of nitrogens with zero attached hydrogens (tertiary/aromatic N) is 2. The van der Waals surface area contributed by atoms with Gasteiger partial charge in [0.1, 0.15) is 5.75 Å². The van der Waals surface area contributed by atoms with Crippen LogP contribution < -0.4 is 9.54 Å². The smallest absolute Gasteiger partial charge is 0.252 e. The highest BCUT2D eigenvalue weighted by Crippen LogP contribution is 2.23. The van der Waals surface area contributed by atoms with E-state index in [1.54, 1.807) is 18.4 Å². The van der Waals surface area contributed by atoms with Gasteiger partial charge in [0.2, 0.25) is 0 Å². The van der Waals surface area contributed by atoms with Crippen molar-refractivity contribution in [1.29, 1.82) is 0 Å². The molecule has 0 spiro atoms. The summed E-state index contributed by atoms with van der Waals surface area (Å²) in [5.74, 6) is 0.691. The van der Waals surface area contributed by atoms with Crippen molar-refractivity contribution in [3.63, 3.8) is 0 Å². The van der Waals surface area contributed by atoms with Crippen LogP contribution in [0.2, 0.25) is 0 Å². The first kappa shape index (κ1) is 17.4. The number of carbonyl (C=O) groups excluding carboxylic acids is 1. The second-order valence-electron chi connectivity index (χ2n) is 6.36. The lowest BCUT2D eigenvalue weighted by molar-refractivity contribution is -0.117. The van der Waals surface area contributed by atoms with E-state index in [9.17, 15) is 4.79 Å². The molecule has 130 valence electrons. The molecule has 0 saturated carbocycles. The fourth-order valence-corrected chi connectivity index (χ4v) is 4.13. The summed E-state index contributed by atoms with van der Waals surface area (Å²) in [7, 11) is 3.61. The van der Waals surface area contributed by atoms with Crippen LogP contribution in [0.3, 0.4) is 0 Å². The van der Waals surface area contributed by atoms with Gasteiger partial charge in [0.05, 0.1) is 23.7 Å². The number of carbonyl (C=O) groups is 1. The lowest BCUT2D eigenvalue weighted by Crippen LogP contribution is -2.14. The molecule has 3 aromatic rings. The standard InChI is InChI=1S/C20H22N2O2S/c1-12-8-14(3)19-16(9-12)22(4)20(25-19)21-18(23)11-15-6-7-17(24-5)13(2)10-15/h6-10H,11H2,1-5H3. The highest BCUT2D eigenvalue weighted by molar-refractivity contribution is 7.16. The molecule has 0 atom stereocenters. The van der Waals surface area contributed by atoms with Crippen LogP contribution in [0.4, 0.5) is 0 Å². The molecule has 0 aliphatic heterocycles. The Morgan fingerprint density at radius 1 is 1.16 bits per heavy atom. The minimum Gasteiger partial charge on any atom is -0.496 e. The van der Waals surface area contributed by atoms with Crippen molar-refractivity contribution in [2.24, 2.45) is 12.0 Å². The van der Waals surface area contributed by atoms with Gasteiger partial charge in [0.25, 0.3) is 5.91 Å². The van der Waals surface area contributed by atoms with Crippen molar-refractivity contribution >= 4 is 27.5 Å². The molecule has 5 heteroatoms. The Hall–Kier alpha value is -2.40. The first-order chi connectivity index (χ1) is 11.9. The quantitative estimate of drug-likeness (QED) is 0.717. The summed E-state index contributed by atoms with van der Waals surface area (Å²) in [5, 5.41) is 0. The van der Waals surface area contributed by atoms with E-state index in [2.05, 4.69) is 31.0 Å². The van der Waals surface area contributed by atoms with Crippen molar-refractivity contribution in [3.05, 3.63) is 57.4 Å².